The number of nitrogens with zero attached hydrogens (tertiary/aromatic N) is 2. The maximum absolute atomic E-state index is 10.4. The van der Waals surface area contributed by atoms with Crippen LogP contribution >= 0.6 is 0 Å². The van der Waals surface area contributed by atoms with Crippen LogP contribution in [0.5, 0.6) is 0 Å². The third-order valence-corrected chi connectivity index (χ3v) is 1.46. The lowest BCUT2D eigenvalue weighted by Gasteiger charge is -2.09. The third-order valence-electron chi connectivity index (χ3n) is 1.46. The van der Waals surface area contributed by atoms with E-state index in [4.69, 9.17) is 4.84 Å². The number of rotatable bonds is 2. The molecule has 0 N–H and O–H groups in total. The summed E-state index contributed by atoms with van der Waals surface area (Å²) in [5, 5.41) is 5.01. The standard InChI is InChI=1S/C7H6N2O3/c10-4-6-5-11-8-7(6)9-2-1-3-12-9/h1-2,4-5H,3H2. The van der Waals surface area contributed by atoms with Crippen LogP contribution in [0.2, 0.25) is 0 Å². The van der Waals surface area contributed by atoms with E-state index in [1.54, 1.807) is 6.20 Å². The number of carbonyl (C=O) groups is 1. The van der Waals surface area contributed by atoms with E-state index in [9.17, 15) is 4.79 Å². The summed E-state index contributed by atoms with van der Waals surface area (Å²) in [6.45, 7) is 0.491. The highest BCUT2D eigenvalue weighted by atomic mass is 16.7. The predicted molar refractivity (Wildman–Crippen MR) is 39.5 cm³/mol. The van der Waals surface area contributed by atoms with Gasteiger partial charge in [-0.05, 0) is 6.08 Å². The molecule has 0 aliphatic carbocycles. The molecular formula is C7H6N2O3. The molecule has 0 unspecified atom stereocenters. The summed E-state index contributed by atoms with van der Waals surface area (Å²) in [7, 11) is 0. The molecule has 0 atom stereocenters. The molecule has 2 rings (SSSR count). The summed E-state index contributed by atoms with van der Waals surface area (Å²) in [5.74, 6) is 0.388. The molecule has 5 heteroatoms. The predicted octanol–water partition coefficient (Wildman–Crippen LogP) is 0.752. The molecule has 0 radical (unpaired) electrons. The summed E-state index contributed by atoms with van der Waals surface area (Å²) in [5.41, 5.74) is 0.376. The average Bonchev–Trinajstić information content (AvgIpc) is 2.74. The molecule has 1 aromatic rings. The maximum atomic E-state index is 10.4. The van der Waals surface area contributed by atoms with Crippen molar-refractivity contribution in [3.8, 4) is 0 Å². The highest BCUT2D eigenvalue weighted by molar-refractivity contribution is 5.82. The van der Waals surface area contributed by atoms with Gasteiger partial charge in [0.1, 0.15) is 11.8 Å². The van der Waals surface area contributed by atoms with Crippen molar-refractivity contribution in [1.82, 2.24) is 5.16 Å². The van der Waals surface area contributed by atoms with E-state index < -0.39 is 0 Å². The first-order valence-corrected chi connectivity index (χ1v) is 3.40. The molecule has 62 valence electrons. The molecular weight excluding hydrogens is 160 g/mol. The monoisotopic (exact) mass is 166 g/mol. The van der Waals surface area contributed by atoms with Gasteiger partial charge < -0.3 is 4.52 Å². The van der Waals surface area contributed by atoms with Gasteiger partial charge in [0.25, 0.3) is 0 Å². The second-order valence-electron chi connectivity index (χ2n) is 2.22. The molecule has 0 bridgehead atoms. The minimum absolute atomic E-state index is 0.376. The fourth-order valence-electron chi connectivity index (χ4n) is 0.923. The second kappa shape index (κ2) is 2.78. The number of hydrogen-bond donors (Lipinski definition) is 0. The van der Waals surface area contributed by atoms with Gasteiger partial charge in [0.05, 0.1) is 6.61 Å². The minimum Gasteiger partial charge on any atom is -0.362 e. The quantitative estimate of drug-likeness (QED) is 0.607. The molecule has 0 aromatic carbocycles. The Balaban J connectivity index is 2.31. The van der Waals surface area contributed by atoms with Crippen LogP contribution in [0.4, 0.5) is 5.82 Å². The number of carbonyl (C=O) groups excluding carboxylic acids is 1. The smallest absolute Gasteiger partial charge is 0.210 e. The molecule has 1 aromatic heterocycles. The van der Waals surface area contributed by atoms with Crippen LogP contribution in [0, 0.1) is 0 Å². The number of hydroxylamine groups is 1. The van der Waals surface area contributed by atoms with Crippen LogP contribution in [0.25, 0.3) is 0 Å². The molecule has 1 aliphatic rings. The van der Waals surface area contributed by atoms with Gasteiger partial charge in [-0.25, -0.2) is 5.06 Å². The largest absolute Gasteiger partial charge is 0.362 e. The normalized spacial score (nSPS) is 15.5. The summed E-state index contributed by atoms with van der Waals surface area (Å²) in [6, 6.07) is 0. The van der Waals surface area contributed by atoms with Crippen molar-refractivity contribution in [2.75, 3.05) is 11.7 Å². The van der Waals surface area contributed by atoms with E-state index in [0.717, 1.165) is 0 Å². The van der Waals surface area contributed by atoms with Crippen LogP contribution in [0.3, 0.4) is 0 Å². The molecule has 5 nitrogen and oxygen atoms in total. The van der Waals surface area contributed by atoms with Gasteiger partial charge in [0, 0.05) is 6.20 Å². The van der Waals surface area contributed by atoms with Gasteiger partial charge in [-0.3, -0.25) is 9.63 Å². The first-order valence-electron chi connectivity index (χ1n) is 3.40. The topological polar surface area (TPSA) is 55.6 Å². The Morgan fingerprint density at radius 2 is 2.58 bits per heavy atom. The van der Waals surface area contributed by atoms with Crippen molar-refractivity contribution < 1.29 is 14.2 Å². The van der Waals surface area contributed by atoms with Gasteiger partial charge in [-0.15, -0.1) is 0 Å². The van der Waals surface area contributed by atoms with Gasteiger partial charge in [0.15, 0.2) is 6.29 Å². The Bertz CT molecular complexity index is 318. The van der Waals surface area contributed by atoms with Crippen LogP contribution in [-0.2, 0) is 4.84 Å². The van der Waals surface area contributed by atoms with E-state index in [1.807, 2.05) is 6.08 Å². The molecule has 0 saturated carbocycles. The van der Waals surface area contributed by atoms with Gasteiger partial charge in [0.2, 0.25) is 5.82 Å². The van der Waals surface area contributed by atoms with Gasteiger partial charge in [-0.1, -0.05) is 5.16 Å². The van der Waals surface area contributed by atoms with Crippen LogP contribution in [-0.4, -0.2) is 18.0 Å². The van der Waals surface area contributed by atoms with Crippen molar-refractivity contribution in [3.63, 3.8) is 0 Å². The minimum atomic E-state index is 0.376. The Kier molecular flexibility index (Phi) is 1.64. The molecule has 0 saturated heterocycles. The number of anilines is 1. The average molecular weight is 166 g/mol. The molecule has 0 amide bonds. The zero-order valence-electron chi connectivity index (χ0n) is 6.14. The van der Waals surface area contributed by atoms with E-state index in [0.29, 0.717) is 24.3 Å². The van der Waals surface area contributed by atoms with E-state index in [2.05, 4.69) is 9.68 Å². The lowest BCUT2D eigenvalue weighted by Crippen LogP contribution is -2.12. The van der Waals surface area contributed by atoms with Crippen molar-refractivity contribution in [1.29, 1.82) is 0 Å². The summed E-state index contributed by atoms with van der Waals surface area (Å²) >= 11 is 0. The number of aldehydes is 1. The van der Waals surface area contributed by atoms with Gasteiger partial charge in [-0.2, -0.15) is 0 Å². The molecule has 12 heavy (non-hydrogen) atoms. The van der Waals surface area contributed by atoms with Crippen LogP contribution in [0.15, 0.2) is 23.1 Å². The molecule has 1 aliphatic heterocycles. The van der Waals surface area contributed by atoms with Crippen molar-refractivity contribution in [3.05, 3.63) is 24.1 Å². The molecule has 0 spiro atoms. The van der Waals surface area contributed by atoms with Crippen LogP contribution in [0.1, 0.15) is 10.4 Å². The highest BCUT2D eigenvalue weighted by Gasteiger charge is 2.16. The fraction of sp³-hybridized carbons (Fsp3) is 0.143. The van der Waals surface area contributed by atoms with Crippen molar-refractivity contribution in [2.24, 2.45) is 0 Å². The van der Waals surface area contributed by atoms with E-state index in [-0.39, 0.29) is 0 Å². The first kappa shape index (κ1) is 7.05. The zero-order chi connectivity index (χ0) is 8.39. The third kappa shape index (κ3) is 0.998. The van der Waals surface area contributed by atoms with Crippen LogP contribution < -0.4 is 5.06 Å². The summed E-state index contributed by atoms with van der Waals surface area (Å²) in [6.07, 6.45) is 5.44. The fourth-order valence-corrected chi connectivity index (χ4v) is 0.923. The maximum Gasteiger partial charge on any atom is 0.210 e. The number of aromatic nitrogens is 1. The summed E-state index contributed by atoms with van der Waals surface area (Å²) in [4.78, 5) is 15.5. The Morgan fingerprint density at radius 1 is 1.67 bits per heavy atom. The Labute approximate surface area is 68.2 Å². The lowest BCUT2D eigenvalue weighted by atomic mass is 10.4. The Hall–Kier alpha value is -1.62. The number of hydrogen-bond acceptors (Lipinski definition) is 5. The second-order valence-corrected chi connectivity index (χ2v) is 2.22. The van der Waals surface area contributed by atoms with E-state index in [1.165, 1.54) is 11.3 Å². The molecule has 2 heterocycles. The lowest BCUT2D eigenvalue weighted by molar-refractivity contribution is 0.112. The van der Waals surface area contributed by atoms with Gasteiger partial charge >= 0.3 is 0 Å². The zero-order valence-corrected chi connectivity index (χ0v) is 6.14. The van der Waals surface area contributed by atoms with E-state index >= 15 is 0 Å². The SMILES string of the molecule is O=Cc1conc1N1C=CCO1. The molecule has 0 fully saturated rings. The van der Waals surface area contributed by atoms with Crippen molar-refractivity contribution in [2.45, 2.75) is 0 Å². The summed E-state index contributed by atoms with van der Waals surface area (Å²) < 4.78 is 4.61. The highest BCUT2D eigenvalue weighted by Crippen LogP contribution is 2.19. The Morgan fingerprint density at radius 3 is 3.25 bits per heavy atom. The first-order chi connectivity index (χ1) is 5.92. The van der Waals surface area contributed by atoms with Crippen molar-refractivity contribution >= 4 is 12.1 Å².